The molecule has 0 aromatic rings. The van der Waals surface area contributed by atoms with Gasteiger partial charge in [0.25, 0.3) is 0 Å². The van der Waals surface area contributed by atoms with Crippen molar-refractivity contribution in [1.29, 1.82) is 0 Å². The predicted octanol–water partition coefficient (Wildman–Crippen LogP) is 1.61. The van der Waals surface area contributed by atoms with E-state index in [1.807, 2.05) is 0 Å². The van der Waals surface area contributed by atoms with Gasteiger partial charge in [-0.25, -0.2) is 0 Å². The summed E-state index contributed by atoms with van der Waals surface area (Å²) in [6.07, 6.45) is -0.382. The van der Waals surface area contributed by atoms with Crippen LogP contribution >= 0.6 is 21.6 Å². The summed E-state index contributed by atoms with van der Waals surface area (Å²) in [6, 6.07) is 0. The molecule has 0 aromatic heterocycles. The molecular formula is C7H14O3S2. The lowest BCUT2D eigenvalue weighted by Gasteiger charge is -2.17. The number of carbonyl (C=O) groups is 1. The number of aliphatic carboxylic acids is 1. The Morgan fingerprint density at radius 1 is 1.58 bits per heavy atom. The standard InChI is InChI=1S/C7H14O3S2/c1-5(8)4-11-12-7(2,3)6(9)10/h5,8H,4H2,1-3H3,(H,9,10). The molecule has 5 heteroatoms. The summed E-state index contributed by atoms with van der Waals surface area (Å²) in [5.74, 6) is -0.271. The number of hydrogen-bond donors (Lipinski definition) is 2. The summed E-state index contributed by atoms with van der Waals surface area (Å²) in [6.45, 7) is 4.98. The van der Waals surface area contributed by atoms with E-state index in [0.717, 1.165) is 0 Å². The Kier molecular flexibility index (Phi) is 5.04. The van der Waals surface area contributed by atoms with Crippen LogP contribution in [0.5, 0.6) is 0 Å². The van der Waals surface area contributed by atoms with Crippen molar-refractivity contribution in [3.05, 3.63) is 0 Å². The Bertz CT molecular complexity index is 157. The number of aliphatic hydroxyl groups is 1. The molecular weight excluding hydrogens is 196 g/mol. The van der Waals surface area contributed by atoms with E-state index in [0.29, 0.717) is 5.75 Å². The summed E-state index contributed by atoms with van der Waals surface area (Å²) in [5.41, 5.74) is 0. The molecule has 0 saturated carbocycles. The predicted molar refractivity (Wildman–Crippen MR) is 53.4 cm³/mol. The van der Waals surface area contributed by atoms with Crippen molar-refractivity contribution in [2.24, 2.45) is 0 Å². The molecule has 1 atom stereocenters. The van der Waals surface area contributed by atoms with E-state index in [9.17, 15) is 4.79 Å². The van der Waals surface area contributed by atoms with Crippen LogP contribution in [0.4, 0.5) is 0 Å². The summed E-state index contributed by atoms with van der Waals surface area (Å²) >= 11 is 0. The Balaban J connectivity index is 3.69. The minimum Gasteiger partial charge on any atom is -0.480 e. The van der Waals surface area contributed by atoms with Crippen molar-refractivity contribution in [3.8, 4) is 0 Å². The molecule has 0 radical (unpaired) electrons. The number of aliphatic hydroxyl groups excluding tert-OH is 1. The molecule has 0 aliphatic rings. The first-order valence-electron chi connectivity index (χ1n) is 3.58. The smallest absolute Gasteiger partial charge is 0.320 e. The number of carboxylic acids is 1. The summed E-state index contributed by atoms with van der Waals surface area (Å²) in [4.78, 5) is 10.6. The molecule has 3 nitrogen and oxygen atoms in total. The van der Waals surface area contributed by atoms with Crippen molar-refractivity contribution < 1.29 is 15.0 Å². The van der Waals surface area contributed by atoms with Crippen LogP contribution in [0, 0.1) is 0 Å². The van der Waals surface area contributed by atoms with E-state index in [2.05, 4.69) is 0 Å². The molecule has 0 amide bonds. The second kappa shape index (κ2) is 4.99. The van der Waals surface area contributed by atoms with Gasteiger partial charge < -0.3 is 10.2 Å². The Labute approximate surface area is 80.3 Å². The highest BCUT2D eigenvalue weighted by Gasteiger charge is 2.28. The summed E-state index contributed by atoms with van der Waals surface area (Å²) in [7, 11) is 2.65. The third kappa shape index (κ3) is 4.90. The second-order valence-corrected chi connectivity index (χ2v) is 6.00. The van der Waals surface area contributed by atoms with Gasteiger partial charge in [0.05, 0.1) is 6.10 Å². The molecule has 0 spiro atoms. The molecule has 0 aliphatic carbocycles. The third-order valence-corrected chi connectivity index (χ3v) is 4.43. The van der Waals surface area contributed by atoms with Gasteiger partial charge in [-0.3, -0.25) is 4.79 Å². The maximum atomic E-state index is 10.6. The summed E-state index contributed by atoms with van der Waals surface area (Å²) in [5, 5.41) is 17.6. The van der Waals surface area contributed by atoms with Crippen LogP contribution in [0.3, 0.4) is 0 Å². The minimum atomic E-state index is -0.828. The molecule has 0 aliphatic heterocycles. The minimum absolute atomic E-state index is 0.382. The van der Waals surface area contributed by atoms with E-state index >= 15 is 0 Å². The lowest BCUT2D eigenvalue weighted by atomic mass is 10.2. The molecule has 0 bridgehead atoms. The van der Waals surface area contributed by atoms with Crippen LogP contribution in [-0.2, 0) is 4.79 Å². The lowest BCUT2D eigenvalue weighted by Crippen LogP contribution is -2.26. The van der Waals surface area contributed by atoms with Crippen LogP contribution in [0.1, 0.15) is 20.8 Å². The van der Waals surface area contributed by atoms with E-state index < -0.39 is 10.7 Å². The van der Waals surface area contributed by atoms with Gasteiger partial charge in [-0.15, -0.1) is 0 Å². The highest BCUT2D eigenvalue weighted by Crippen LogP contribution is 2.35. The fourth-order valence-corrected chi connectivity index (χ4v) is 2.84. The normalized spacial score (nSPS) is 14.3. The first-order chi connectivity index (χ1) is 5.36. The number of hydrogen-bond acceptors (Lipinski definition) is 4. The van der Waals surface area contributed by atoms with Gasteiger partial charge in [0, 0.05) is 5.75 Å². The quantitative estimate of drug-likeness (QED) is 0.675. The van der Waals surface area contributed by atoms with Gasteiger partial charge in [0.1, 0.15) is 4.75 Å². The van der Waals surface area contributed by atoms with Gasteiger partial charge in [-0.05, 0) is 20.8 Å². The third-order valence-electron chi connectivity index (χ3n) is 1.09. The molecule has 12 heavy (non-hydrogen) atoms. The molecule has 2 N–H and O–H groups in total. The first kappa shape index (κ1) is 12.1. The fraction of sp³-hybridized carbons (Fsp3) is 0.857. The number of carboxylic acid groups (broad SMARTS) is 1. The van der Waals surface area contributed by atoms with Crippen molar-refractivity contribution >= 4 is 27.6 Å². The second-order valence-electron chi connectivity index (χ2n) is 3.03. The van der Waals surface area contributed by atoms with E-state index in [1.165, 1.54) is 21.6 Å². The van der Waals surface area contributed by atoms with Gasteiger partial charge in [0.2, 0.25) is 0 Å². The molecule has 0 rings (SSSR count). The largest absolute Gasteiger partial charge is 0.480 e. The molecule has 72 valence electrons. The van der Waals surface area contributed by atoms with E-state index in [4.69, 9.17) is 10.2 Å². The number of rotatable bonds is 5. The van der Waals surface area contributed by atoms with Crippen LogP contribution in [0.2, 0.25) is 0 Å². The lowest BCUT2D eigenvalue weighted by molar-refractivity contribution is -0.138. The molecule has 0 fully saturated rings. The van der Waals surface area contributed by atoms with Crippen LogP contribution in [0.15, 0.2) is 0 Å². The maximum Gasteiger partial charge on any atom is 0.320 e. The summed E-state index contributed by atoms with van der Waals surface area (Å²) < 4.78 is -0.778. The molecule has 0 heterocycles. The average molecular weight is 210 g/mol. The fourth-order valence-electron chi connectivity index (χ4n) is 0.315. The van der Waals surface area contributed by atoms with Crippen molar-refractivity contribution in [2.75, 3.05) is 5.75 Å². The highest BCUT2D eigenvalue weighted by molar-refractivity contribution is 8.77. The maximum absolute atomic E-state index is 10.6. The monoisotopic (exact) mass is 210 g/mol. The van der Waals surface area contributed by atoms with Gasteiger partial charge in [-0.1, -0.05) is 21.6 Å². The SMILES string of the molecule is CC(O)CSSC(C)(C)C(=O)O. The zero-order chi connectivity index (χ0) is 9.78. The van der Waals surface area contributed by atoms with E-state index in [-0.39, 0.29) is 6.10 Å². The zero-order valence-corrected chi connectivity index (χ0v) is 9.04. The Morgan fingerprint density at radius 3 is 2.42 bits per heavy atom. The molecule has 0 aromatic carbocycles. The van der Waals surface area contributed by atoms with Crippen LogP contribution < -0.4 is 0 Å². The Hall–Kier alpha value is 0.130. The van der Waals surface area contributed by atoms with Crippen molar-refractivity contribution in [2.45, 2.75) is 31.6 Å². The highest BCUT2D eigenvalue weighted by atomic mass is 33.1. The topological polar surface area (TPSA) is 57.5 Å². The van der Waals surface area contributed by atoms with Crippen molar-refractivity contribution in [1.82, 2.24) is 0 Å². The van der Waals surface area contributed by atoms with Crippen LogP contribution in [-0.4, -0.2) is 32.8 Å². The molecule has 1 unspecified atom stereocenters. The average Bonchev–Trinajstić information content (AvgIpc) is 1.85. The Morgan fingerprint density at radius 2 is 2.08 bits per heavy atom. The van der Waals surface area contributed by atoms with Crippen molar-refractivity contribution in [3.63, 3.8) is 0 Å². The van der Waals surface area contributed by atoms with E-state index in [1.54, 1.807) is 20.8 Å². The van der Waals surface area contributed by atoms with Crippen LogP contribution in [0.25, 0.3) is 0 Å². The van der Waals surface area contributed by atoms with Gasteiger partial charge in [0.15, 0.2) is 0 Å². The first-order valence-corrected chi connectivity index (χ1v) is 5.90. The van der Waals surface area contributed by atoms with Gasteiger partial charge in [-0.2, -0.15) is 0 Å². The van der Waals surface area contributed by atoms with Gasteiger partial charge >= 0.3 is 5.97 Å². The molecule has 0 saturated heterocycles. The zero-order valence-electron chi connectivity index (χ0n) is 7.40.